The predicted molar refractivity (Wildman–Crippen MR) is 108 cm³/mol. The Balaban J connectivity index is 1.97. The molecular weight excluding hydrogens is 381 g/mol. The highest BCUT2D eigenvalue weighted by Crippen LogP contribution is 2.28. The molecule has 0 saturated heterocycles. The number of benzene rings is 2. The number of rotatable bonds is 3. The fourth-order valence-corrected chi connectivity index (χ4v) is 3.12. The van der Waals surface area contributed by atoms with Gasteiger partial charge in [-0.3, -0.25) is 9.79 Å². The van der Waals surface area contributed by atoms with Gasteiger partial charge in [0.1, 0.15) is 11.6 Å². The first-order valence-electron chi connectivity index (χ1n) is 8.33. The molecule has 28 heavy (non-hydrogen) atoms. The van der Waals surface area contributed by atoms with E-state index in [1.165, 1.54) is 24.5 Å². The summed E-state index contributed by atoms with van der Waals surface area (Å²) >= 11 is 6.02. The van der Waals surface area contributed by atoms with Crippen LogP contribution >= 0.6 is 11.6 Å². The summed E-state index contributed by atoms with van der Waals surface area (Å²) in [6, 6.07) is 15.8. The van der Waals surface area contributed by atoms with E-state index >= 15 is 0 Å². The Bertz CT molecular complexity index is 1270. The van der Waals surface area contributed by atoms with Gasteiger partial charge >= 0.3 is 0 Å². The van der Waals surface area contributed by atoms with Gasteiger partial charge in [-0.25, -0.2) is 13.9 Å². The lowest BCUT2D eigenvalue weighted by Crippen LogP contribution is -2.20. The van der Waals surface area contributed by atoms with Gasteiger partial charge in [-0.2, -0.15) is 0 Å². The molecule has 0 atom stereocenters. The summed E-state index contributed by atoms with van der Waals surface area (Å²) in [4.78, 5) is 21.4. The van der Waals surface area contributed by atoms with Gasteiger partial charge in [0.15, 0.2) is 0 Å². The Kier molecular flexibility index (Phi) is 4.63. The average Bonchev–Trinajstić information content (AvgIpc) is 2.70. The van der Waals surface area contributed by atoms with Crippen molar-refractivity contribution in [2.24, 2.45) is 4.99 Å². The minimum Gasteiger partial charge on any atom is -0.494 e. The summed E-state index contributed by atoms with van der Waals surface area (Å²) in [6.45, 7) is 0. The Morgan fingerprint density at radius 3 is 2.54 bits per heavy atom. The fourth-order valence-electron chi connectivity index (χ4n) is 2.91. The van der Waals surface area contributed by atoms with Crippen LogP contribution in [0, 0.1) is 5.82 Å². The van der Waals surface area contributed by atoms with Crippen molar-refractivity contribution in [2.75, 3.05) is 0 Å². The zero-order chi connectivity index (χ0) is 19.7. The monoisotopic (exact) mass is 393 g/mol. The number of nitrogens with zero attached hydrogens (tertiary/aromatic N) is 3. The summed E-state index contributed by atoms with van der Waals surface area (Å²) in [5.41, 5.74) is 0.257. The number of hydrogen-bond acceptors (Lipinski definition) is 4. The third-order valence-corrected chi connectivity index (χ3v) is 4.53. The second kappa shape index (κ2) is 7.25. The Labute approximate surface area is 164 Å². The van der Waals surface area contributed by atoms with Crippen molar-refractivity contribution in [3.63, 3.8) is 0 Å². The summed E-state index contributed by atoms with van der Waals surface area (Å²) in [5.74, 6) is -0.490. The minimum atomic E-state index is -0.471. The van der Waals surface area contributed by atoms with Crippen LogP contribution in [0.15, 0.2) is 76.6 Å². The molecule has 2 heterocycles. The first-order valence-corrected chi connectivity index (χ1v) is 8.71. The van der Waals surface area contributed by atoms with Crippen molar-refractivity contribution >= 4 is 34.3 Å². The molecule has 138 valence electrons. The average molecular weight is 394 g/mol. The van der Waals surface area contributed by atoms with Crippen molar-refractivity contribution in [3.05, 3.63) is 93.6 Å². The lowest BCUT2D eigenvalue weighted by molar-refractivity contribution is 0.435. The second-order valence-corrected chi connectivity index (χ2v) is 6.37. The maximum atomic E-state index is 13.2. The molecule has 0 bridgehead atoms. The summed E-state index contributed by atoms with van der Waals surface area (Å²) < 4.78 is 14.4. The molecule has 2 aromatic heterocycles. The van der Waals surface area contributed by atoms with E-state index in [0.717, 1.165) is 10.6 Å². The first-order chi connectivity index (χ1) is 13.6. The van der Waals surface area contributed by atoms with Gasteiger partial charge in [0.2, 0.25) is 5.88 Å². The van der Waals surface area contributed by atoms with Crippen molar-refractivity contribution in [3.8, 4) is 11.7 Å². The summed E-state index contributed by atoms with van der Waals surface area (Å²) in [7, 11) is 0. The Morgan fingerprint density at radius 2 is 1.82 bits per heavy atom. The van der Waals surface area contributed by atoms with E-state index in [1.54, 1.807) is 42.5 Å². The van der Waals surface area contributed by atoms with Crippen LogP contribution in [0.3, 0.4) is 0 Å². The molecule has 4 aromatic rings. The maximum Gasteiger partial charge on any atom is 0.267 e. The van der Waals surface area contributed by atoms with Crippen molar-refractivity contribution in [2.45, 2.75) is 0 Å². The molecule has 5 nitrogen and oxygen atoms in total. The van der Waals surface area contributed by atoms with Crippen molar-refractivity contribution in [1.29, 1.82) is 0 Å². The van der Waals surface area contributed by atoms with E-state index in [9.17, 15) is 14.3 Å². The Hall–Kier alpha value is -3.51. The highest BCUT2D eigenvalue weighted by molar-refractivity contribution is 6.33. The number of aromatic nitrogens is 2. The van der Waals surface area contributed by atoms with E-state index in [2.05, 4.69) is 9.98 Å². The van der Waals surface area contributed by atoms with Crippen LogP contribution in [0.5, 0.6) is 5.88 Å². The number of halogens is 2. The standard InChI is InChI=1S/C21H13ClFN3O2/c22-17-11-13(23)8-9-18(17)25-12-16-14-5-1-2-6-15(14)20(27)26(21(16)28)19-7-3-4-10-24-19/h1-12,28H. The molecule has 4 rings (SSSR count). The van der Waals surface area contributed by atoms with Crippen molar-refractivity contribution < 1.29 is 9.50 Å². The molecule has 0 aliphatic carbocycles. The van der Waals surface area contributed by atoms with Gasteiger partial charge in [0, 0.05) is 23.2 Å². The maximum absolute atomic E-state index is 13.2. The fraction of sp³-hybridized carbons (Fsp3) is 0. The molecule has 0 fully saturated rings. The van der Waals surface area contributed by atoms with Crippen LogP contribution < -0.4 is 5.56 Å². The van der Waals surface area contributed by atoms with E-state index in [0.29, 0.717) is 22.0 Å². The van der Waals surface area contributed by atoms with Crippen molar-refractivity contribution in [1.82, 2.24) is 9.55 Å². The van der Waals surface area contributed by atoms with Crippen LogP contribution in [0.2, 0.25) is 5.02 Å². The van der Waals surface area contributed by atoms with Crippen LogP contribution in [-0.4, -0.2) is 20.9 Å². The molecule has 0 unspecified atom stereocenters. The van der Waals surface area contributed by atoms with Crippen LogP contribution in [0.1, 0.15) is 5.56 Å². The molecule has 2 aromatic carbocycles. The predicted octanol–water partition coefficient (Wildman–Crippen LogP) is 4.63. The smallest absolute Gasteiger partial charge is 0.267 e. The number of fused-ring (bicyclic) bond motifs is 1. The molecule has 0 amide bonds. The second-order valence-electron chi connectivity index (χ2n) is 5.97. The topological polar surface area (TPSA) is 67.5 Å². The molecule has 0 spiro atoms. The molecule has 0 aliphatic heterocycles. The highest BCUT2D eigenvalue weighted by Gasteiger charge is 2.16. The van der Waals surface area contributed by atoms with E-state index in [-0.39, 0.29) is 16.7 Å². The SMILES string of the molecule is O=c1c2ccccc2c(C=Nc2ccc(F)cc2Cl)c(O)n1-c1ccccn1. The third-order valence-electron chi connectivity index (χ3n) is 4.22. The molecular formula is C21H13ClFN3O2. The first kappa shape index (κ1) is 17.9. The van der Waals surface area contributed by atoms with Gasteiger partial charge in [0.05, 0.1) is 16.3 Å². The number of aliphatic imine (C=N–C) groups is 1. The van der Waals surface area contributed by atoms with Gasteiger partial charge in [-0.05, 0) is 36.4 Å². The number of aromatic hydroxyl groups is 1. The molecule has 0 aliphatic rings. The van der Waals surface area contributed by atoms with Crippen LogP contribution in [-0.2, 0) is 0 Å². The Morgan fingerprint density at radius 1 is 1.07 bits per heavy atom. The van der Waals surface area contributed by atoms with Gasteiger partial charge in [-0.1, -0.05) is 35.9 Å². The zero-order valence-corrected chi connectivity index (χ0v) is 15.1. The zero-order valence-electron chi connectivity index (χ0n) is 14.4. The molecule has 1 N–H and O–H groups in total. The molecule has 0 saturated carbocycles. The van der Waals surface area contributed by atoms with Crippen LogP contribution in [0.4, 0.5) is 10.1 Å². The van der Waals surface area contributed by atoms with E-state index < -0.39 is 11.4 Å². The summed E-state index contributed by atoms with van der Waals surface area (Å²) in [6.07, 6.45) is 2.93. The van der Waals surface area contributed by atoms with Gasteiger partial charge in [-0.15, -0.1) is 0 Å². The van der Waals surface area contributed by atoms with E-state index in [1.807, 2.05) is 0 Å². The normalized spacial score (nSPS) is 11.4. The number of hydrogen-bond donors (Lipinski definition) is 1. The van der Waals surface area contributed by atoms with Crippen LogP contribution in [0.25, 0.3) is 16.6 Å². The molecule has 7 heteroatoms. The van der Waals surface area contributed by atoms with Gasteiger partial charge < -0.3 is 5.11 Å². The quantitative estimate of drug-likeness (QED) is 0.516. The third kappa shape index (κ3) is 3.14. The molecule has 0 radical (unpaired) electrons. The number of pyridine rings is 2. The highest BCUT2D eigenvalue weighted by atomic mass is 35.5. The lowest BCUT2D eigenvalue weighted by atomic mass is 10.1. The minimum absolute atomic E-state index is 0.137. The van der Waals surface area contributed by atoms with Gasteiger partial charge in [0.25, 0.3) is 5.56 Å². The van der Waals surface area contributed by atoms with E-state index in [4.69, 9.17) is 11.6 Å². The lowest BCUT2D eigenvalue weighted by Gasteiger charge is -2.12. The summed E-state index contributed by atoms with van der Waals surface area (Å²) in [5, 5.41) is 11.9. The largest absolute Gasteiger partial charge is 0.494 e.